The van der Waals surface area contributed by atoms with Crippen LogP contribution in [0.25, 0.3) is 0 Å². The van der Waals surface area contributed by atoms with Crippen LogP contribution in [0.3, 0.4) is 0 Å². The summed E-state index contributed by atoms with van der Waals surface area (Å²) in [6.45, 7) is 4.86. The number of hydrogen-bond donors (Lipinski definition) is 1. The summed E-state index contributed by atoms with van der Waals surface area (Å²) in [5.41, 5.74) is 2.73. The number of aryl methyl sites for hydroxylation is 1. The van der Waals surface area contributed by atoms with Gasteiger partial charge < -0.3 is 15.1 Å². The van der Waals surface area contributed by atoms with Gasteiger partial charge in [-0.1, -0.05) is 36.4 Å². The van der Waals surface area contributed by atoms with E-state index in [0.29, 0.717) is 25.1 Å². The topological polar surface area (TPSA) is 52.7 Å². The Labute approximate surface area is 177 Å². The number of benzene rings is 2. The standard InChI is InChI=1S/C23H29N3O2S/c1-18-8-6-7-11-20(18)22(27)24-21(12-17-29-2)23(28)26-15-13-25(14-16-26)19-9-4-3-5-10-19/h3-11,21H,12-17H2,1-2H3,(H,24,27)/t21-/m1/s1. The Morgan fingerprint density at radius 1 is 1.00 bits per heavy atom. The summed E-state index contributed by atoms with van der Waals surface area (Å²) < 4.78 is 0. The van der Waals surface area contributed by atoms with Crippen LogP contribution in [0.15, 0.2) is 54.6 Å². The molecule has 1 aliphatic heterocycles. The van der Waals surface area contributed by atoms with Crippen LogP contribution < -0.4 is 10.2 Å². The quantitative estimate of drug-likeness (QED) is 0.760. The maximum absolute atomic E-state index is 13.2. The molecule has 6 heteroatoms. The average Bonchev–Trinajstić information content (AvgIpc) is 2.77. The largest absolute Gasteiger partial charge is 0.368 e. The van der Waals surface area contributed by atoms with E-state index in [1.165, 1.54) is 5.69 Å². The predicted octanol–water partition coefficient (Wildman–Crippen LogP) is 3.20. The molecular formula is C23H29N3O2S. The Kier molecular flexibility index (Phi) is 7.58. The fourth-order valence-corrected chi connectivity index (χ4v) is 4.07. The number of para-hydroxylation sites is 1. The molecule has 0 saturated carbocycles. The van der Waals surface area contributed by atoms with Crippen LogP contribution in [0.5, 0.6) is 0 Å². The summed E-state index contributed by atoms with van der Waals surface area (Å²) in [6.07, 6.45) is 2.65. The van der Waals surface area contributed by atoms with Crippen molar-refractivity contribution in [2.24, 2.45) is 0 Å². The number of piperazine rings is 1. The van der Waals surface area contributed by atoms with Crippen LogP contribution in [0.2, 0.25) is 0 Å². The van der Waals surface area contributed by atoms with Gasteiger partial charge in [0.15, 0.2) is 0 Å². The zero-order valence-electron chi connectivity index (χ0n) is 17.1. The number of hydrogen-bond acceptors (Lipinski definition) is 4. The normalized spacial score (nSPS) is 15.1. The number of nitrogens with one attached hydrogen (secondary N) is 1. The lowest BCUT2D eigenvalue weighted by molar-refractivity contribution is -0.133. The fourth-order valence-electron chi connectivity index (χ4n) is 3.60. The first kappa shape index (κ1) is 21.2. The van der Waals surface area contributed by atoms with Gasteiger partial charge in [-0.2, -0.15) is 11.8 Å². The van der Waals surface area contributed by atoms with E-state index in [-0.39, 0.29) is 11.8 Å². The first-order valence-electron chi connectivity index (χ1n) is 10.0. The highest BCUT2D eigenvalue weighted by Gasteiger charge is 2.29. The molecule has 2 aromatic carbocycles. The number of thioether (sulfide) groups is 1. The second kappa shape index (κ2) is 10.3. The zero-order chi connectivity index (χ0) is 20.6. The lowest BCUT2D eigenvalue weighted by Crippen LogP contribution is -2.55. The van der Waals surface area contributed by atoms with Crippen LogP contribution in [-0.4, -0.2) is 60.9 Å². The Morgan fingerprint density at radius 3 is 2.31 bits per heavy atom. The summed E-state index contributed by atoms with van der Waals surface area (Å²) in [7, 11) is 0. The third kappa shape index (κ3) is 5.54. The average molecular weight is 412 g/mol. The van der Waals surface area contributed by atoms with E-state index in [0.717, 1.165) is 24.4 Å². The van der Waals surface area contributed by atoms with Gasteiger partial charge in [0, 0.05) is 37.4 Å². The van der Waals surface area contributed by atoms with Crippen molar-refractivity contribution in [3.63, 3.8) is 0 Å². The second-order valence-electron chi connectivity index (χ2n) is 7.27. The maximum Gasteiger partial charge on any atom is 0.252 e. The third-order valence-corrected chi connectivity index (χ3v) is 5.96. The molecule has 1 fully saturated rings. The van der Waals surface area contributed by atoms with Crippen molar-refractivity contribution in [1.29, 1.82) is 0 Å². The van der Waals surface area contributed by atoms with Gasteiger partial charge in [-0.05, 0) is 49.1 Å². The van der Waals surface area contributed by atoms with E-state index in [2.05, 4.69) is 22.3 Å². The summed E-state index contributed by atoms with van der Waals surface area (Å²) in [5, 5.41) is 2.99. The Balaban J connectivity index is 1.63. The number of carbonyl (C=O) groups excluding carboxylic acids is 2. The molecule has 1 atom stereocenters. The van der Waals surface area contributed by atoms with Gasteiger partial charge in [0.25, 0.3) is 5.91 Å². The molecule has 2 aromatic rings. The first-order valence-corrected chi connectivity index (χ1v) is 11.4. The summed E-state index contributed by atoms with van der Waals surface area (Å²) in [6, 6.07) is 17.3. The second-order valence-corrected chi connectivity index (χ2v) is 8.26. The van der Waals surface area contributed by atoms with Crippen LogP contribution >= 0.6 is 11.8 Å². The highest BCUT2D eigenvalue weighted by Crippen LogP contribution is 2.17. The van der Waals surface area contributed by atoms with Gasteiger partial charge in [0.1, 0.15) is 6.04 Å². The molecule has 0 bridgehead atoms. The molecule has 0 spiro atoms. The molecule has 1 aliphatic rings. The van der Waals surface area contributed by atoms with Gasteiger partial charge in [0.2, 0.25) is 5.91 Å². The van der Waals surface area contributed by atoms with Crippen molar-refractivity contribution in [3.8, 4) is 0 Å². The number of rotatable bonds is 7. The molecule has 0 unspecified atom stereocenters. The Bertz CT molecular complexity index is 820. The Hall–Kier alpha value is -2.47. The lowest BCUT2D eigenvalue weighted by Gasteiger charge is -2.37. The number of amides is 2. The number of carbonyl (C=O) groups is 2. The number of nitrogens with zero attached hydrogens (tertiary/aromatic N) is 2. The van der Waals surface area contributed by atoms with Crippen LogP contribution in [-0.2, 0) is 4.79 Å². The summed E-state index contributed by atoms with van der Waals surface area (Å²) in [4.78, 5) is 30.1. The van der Waals surface area contributed by atoms with E-state index >= 15 is 0 Å². The van der Waals surface area contributed by atoms with Crippen molar-refractivity contribution in [2.75, 3.05) is 43.1 Å². The molecule has 29 heavy (non-hydrogen) atoms. The third-order valence-electron chi connectivity index (χ3n) is 5.32. The molecule has 1 saturated heterocycles. The van der Waals surface area contributed by atoms with Gasteiger partial charge in [0.05, 0.1) is 0 Å². The summed E-state index contributed by atoms with van der Waals surface area (Å²) >= 11 is 1.69. The van der Waals surface area contributed by atoms with Gasteiger partial charge in [-0.15, -0.1) is 0 Å². The van der Waals surface area contributed by atoms with Crippen molar-refractivity contribution in [1.82, 2.24) is 10.2 Å². The fraction of sp³-hybridized carbons (Fsp3) is 0.391. The van der Waals surface area contributed by atoms with Gasteiger partial charge >= 0.3 is 0 Å². The minimum Gasteiger partial charge on any atom is -0.368 e. The zero-order valence-corrected chi connectivity index (χ0v) is 18.0. The molecule has 5 nitrogen and oxygen atoms in total. The van der Waals surface area contributed by atoms with Crippen molar-refractivity contribution in [3.05, 3.63) is 65.7 Å². The molecule has 2 amide bonds. The first-order chi connectivity index (χ1) is 14.1. The van der Waals surface area contributed by atoms with E-state index in [1.807, 2.05) is 54.5 Å². The van der Waals surface area contributed by atoms with Crippen molar-refractivity contribution < 1.29 is 9.59 Å². The Morgan fingerprint density at radius 2 is 1.66 bits per heavy atom. The van der Waals surface area contributed by atoms with Crippen LogP contribution in [0, 0.1) is 6.92 Å². The smallest absolute Gasteiger partial charge is 0.252 e. The van der Waals surface area contributed by atoms with Gasteiger partial charge in [-0.3, -0.25) is 9.59 Å². The van der Waals surface area contributed by atoms with Gasteiger partial charge in [-0.25, -0.2) is 0 Å². The summed E-state index contributed by atoms with van der Waals surface area (Å²) in [5.74, 6) is 0.674. The van der Waals surface area contributed by atoms with E-state index in [4.69, 9.17) is 0 Å². The van der Waals surface area contributed by atoms with Crippen LogP contribution in [0.4, 0.5) is 5.69 Å². The monoisotopic (exact) mass is 411 g/mol. The van der Waals surface area contributed by atoms with E-state index < -0.39 is 6.04 Å². The van der Waals surface area contributed by atoms with E-state index in [9.17, 15) is 9.59 Å². The van der Waals surface area contributed by atoms with Crippen molar-refractivity contribution >= 4 is 29.3 Å². The maximum atomic E-state index is 13.2. The lowest BCUT2D eigenvalue weighted by atomic mass is 10.1. The minimum absolute atomic E-state index is 0.0219. The number of anilines is 1. The minimum atomic E-state index is -0.488. The van der Waals surface area contributed by atoms with Crippen LogP contribution in [0.1, 0.15) is 22.3 Å². The predicted molar refractivity (Wildman–Crippen MR) is 121 cm³/mol. The molecule has 1 heterocycles. The molecule has 0 aliphatic carbocycles. The van der Waals surface area contributed by atoms with Crippen molar-refractivity contribution in [2.45, 2.75) is 19.4 Å². The molecule has 0 aromatic heterocycles. The molecule has 1 N–H and O–H groups in total. The SMILES string of the molecule is CSCC[C@@H](NC(=O)c1ccccc1C)C(=O)N1CCN(c2ccccc2)CC1. The molecule has 3 rings (SSSR count). The van der Waals surface area contributed by atoms with E-state index in [1.54, 1.807) is 17.8 Å². The molecule has 154 valence electrons. The highest BCUT2D eigenvalue weighted by molar-refractivity contribution is 7.98. The molecular weight excluding hydrogens is 382 g/mol. The molecule has 0 radical (unpaired) electrons. The highest BCUT2D eigenvalue weighted by atomic mass is 32.2.